The lowest BCUT2D eigenvalue weighted by Gasteiger charge is -2.15. The molecule has 0 fully saturated rings. The first-order valence-corrected chi connectivity index (χ1v) is 10.6. The van der Waals surface area contributed by atoms with Crippen LogP contribution < -0.4 is 0 Å². The summed E-state index contributed by atoms with van der Waals surface area (Å²) >= 11 is 0. The van der Waals surface area contributed by atoms with E-state index in [0.717, 1.165) is 12.8 Å². The van der Waals surface area contributed by atoms with Gasteiger partial charge in [0.1, 0.15) is 0 Å². The maximum Gasteiger partial charge on any atom is 0.306 e. The van der Waals surface area contributed by atoms with Crippen LogP contribution in [-0.2, 0) is 4.79 Å². The van der Waals surface area contributed by atoms with Gasteiger partial charge in [0.25, 0.3) is 0 Å². The molecular weight excluding hydrogens is 356 g/mol. The SMILES string of the molecule is CCCCC/C=C\C/C=C\CC(O)/C=C/C(O)C(O)CCCCC(C)C(=O)O. The number of hydrogen-bond acceptors (Lipinski definition) is 4. The predicted molar refractivity (Wildman–Crippen MR) is 114 cm³/mol. The van der Waals surface area contributed by atoms with Gasteiger partial charge in [0.2, 0.25) is 0 Å². The van der Waals surface area contributed by atoms with Crippen molar-refractivity contribution >= 4 is 5.97 Å². The van der Waals surface area contributed by atoms with Crippen LogP contribution in [0, 0.1) is 5.92 Å². The highest BCUT2D eigenvalue weighted by molar-refractivity contribution is 5.69. The molecule has 0 rings (SSSR count). The lowest BCUT2D eigenvalue weighted by molar-refractivity contribution is -0.141. The average Bonchev–Trinajstić information content (AvgIpc) is 2.67. The van der Waals surface area contributed by atoms with Gasteiger partial charge in [0.05, 0.1) is 24.2 Å². The molecule has 5 nitrogen and oxygen atoms in total. The van der Waals surface area contributed by atoms with E-state index in [1.54, 1.807) is 6.92 Å². The Bertz CT molecular complexity index is 470. The van der Waals surface area contributed by atoms with Crippen molar-refractivity contribution in [1.82, 2.24) is 0 Å². The summed E-state index contributed by atoms with van der Waals surface area (Å²) in [4.78, 5) is 10.7. The van der Waals surface area contributed by atoms with Crippen molar-refractivity contribution in [2.75, 3.05) is 0 Å². The molecule has 0 saturated carbocycles. The fourth-order valence-electron chi connectivity index (χ4n) is 2.68. The van der Waals surface area contributed by atoms with Crippen LogP contribution in [0.3, 0.4) is 0 Å². The minimum absolute atomic E-state index is 0.387. The summed E-state index contributed by atoms with van der Waals surface area (Å²) in [6.07, 6.45) is 17.0. The normalized spacial score (nSPS) is 16.8. The highest BCUT2D eigenvalue weighted by atomic mass is 16.4. The van der Waals surface area contributed by atoms with Gasteiger partial charge in [0, 0.05) is 0 Å². The van der Waals surface area contributed by atoms with Gasteiger partial charge in [-0.15, -0.1) is 0 Å². The zero-order valence-electron chi connectivity index (χ0n) is 17.5. The van der Waals surface area contributed by atoms with E-state index < -0.39 is 24.3 Å². The van der Waals surface area contributed by atoms with Crippen molar-refractivity contribution in [2.45, 2.75) is 96.4 Å². The van der Waals surface area contributed by atoms with Gasteiger partial charge in [-0.1, -0.05) is 76.0 Å². The molecular formula is C23H40O5. The summed E-state index contributed by atoms with van der Waals surface area (Å²) in [5.41, 5.74) is 0. The van der Waals surface area contributed by atoms with Crippen molar-refractivity contribution in [1.29, 1.82) is 0 Å². The van der Waals surface area contributed by atoms with E-state index in [1.807, 2.05) is 12.2 Å². The minimum atomic E-state index is -1.03. The van der Waals surface area contributed by atoms with Gasteiger partial charge >= 0.3 is 5.97 Å². The van der Waals surface area contributed by atoms with Crippen LogP contribution in [0.4, 0.5) is 0 Å². The molecule has 0 aromatic rings. The van der Waals surface area contributed by atoms with Gasteiger partial charge in [0.15, 0.2) is 0 Å². The number of carbonyl (C=O) groups is 1. The summed E-state index contributed by atoms with van der Waals surface area (Å²) in [5.74, 6) is -1.20. The summed E-state index contributed by atoms with van der Waals surface area (Å²) in [6.45, 7) is 3.85. The number of aliphatic carboxylic acids is 1. The van der Waals surface area contributed by atoms with Crippen LogP contribution in [0.2, 0.25) is 0 Å². The maximum atomic E-state index is 10.7. The Morgan fingerprint density at radius 1 is 0.893 bits per heavy atom. The molecule has 4 atom stereocenters. The number of hydrogen-bond donors (Lipinski definition) is 4. The summed E-state index contributed by atoms with van der Waals surface area (Å²) in [5, 5.41) is 38.6. The molecule has 5 heteroatoms. The number of carboxylic acids is 1. The molecule has 0 saturated heterocycles. The molecule has 162 valence electrons. The van der Waals surface area contributed by atoms with Crippen molar-refractivity contribution in [3.05, 3.63) is 36.5 Å². The monoisotopic (exact) mass is 396 g/mol. The van der Waals surface area contributed by atoms with E-state index in [1.165, 1.54) is 31.4 Å². The molecule has 28 heavy (non-hydrogen) atoms. The molecule has 0 aliphatic carbocycles. The smallest absolute Gasteiger partial charge is 0.306 e. The summed E-state index contributed by atoms with van der Waals surface area (Å²) in [6, 6.07) is 0. The second kappa shape index (κ2) is 17.7. The van der Waals surface area contributed by atoms with Crippen LogP contribution in [0.25, 0.3) is 0 Å². The van der Waals surface area contributed by atoms with Crippen LogP contribution in [-0.4, -0.2) is 44.7 Å². The molecule has 0 radical (unpaired) electrons. The van der Waals surface area contributed by atoms with Gasteiger partial charge in [-0.3, -0.25) is 4.79 Å². The third-order valence-electron chi connectivity index (χ3n) is 4.69. The van der Waals surface area contributed by atoms with Crippen LogP contribution in [0.1, 0.15) is 78.1 Å². The van der Waals surface area contributed by atoms with Crippen molar-refractivity contribution in [2.24, 2.45) is 5.92 Å². The third kappa shape index (κ3) is 15.6. The minimum Gasteiger partial charge on any atom is -0.481 e. The largest absolute Gasteiger partial charge is 0.481 e. The fraction of sp³-hybridized carbons (Fsp3) is 0.696. The standard InChI is InChI=1S/C23H40O5/c1-3-4-5-6-7-8-9-10-11-15-20(24)17-18-22(26)21(25)16-13-12-14-19(2)23(27)28/h7-8,10-11,17-22,24-26H,3-6,9,12-16H2,1-2H3,(H,27,28)/b8-7-,11-10-,18-17+. The van der Waals surface area contributed by atoms with Crippen LogP contribution >= 0.6 is 0 Å². The zero-order chi connectivity index (χ0) is 21.2. The third-order valence-corrected chi connectivity index (χ3v) is 4.69. The first-order chi connectivity index (χ1) is 13.4. The molecule has 0 aromatic heterocycles. The first-order valence-electron chi connectivity index (χ1n) is 10.6. The van der Waals surface area contributed by atoms with Crippen molar-refractivity contribution < 1.29 is 25.2 Å². The molecule has 0 aliphatic rings. The highest BCUT2D eigenvalue weighted by Crippen LogP contribution is 2.13. The quantitative estimate of drug-likeness (QED) is 0.216. The molecule has 0 amide bonds. The molecule has 0 aliphatic heterocycles. The Balaban J connectivity index is 3.91. The number of carboxylic acid groups (broad SMARTS) is 1. The summed E-state index contributed by atoms with van der Waals surface area (Å²) < 4.78 is 0. The Morgan fingerprint density at radius 2 is 1.57 bits per heavy atom. The molecule has 0 heterocycles. The number of allylic oxidation sites excluding steroid dienone is 3. The molecule has 0 spiro atoms. The molecule has 4 N–H and O–H groups in total. The predicted octanol–water partition coefficient (Wildman–Crippen LogP) is 4.38. The van der Waals surface area contributed by atoms with E-state index in [4.69, 9.17) is 5.11 Å². The van der Waals surface area contributed by atoms with Gasteiger partial charge in [-0.25, -0.2) is 0 Å². The molecule has 0 aromatic carbocycles. The van der Waals surface area contributed by atoms with E-state index in [9.17, 15) is 20.1 Å². The van der Waals surface area contributed by atoms with E-state index in [2.05, 4.69) is 19.1 Å². The second-order valence-electron chi connectivity index (χ2n) is 7.44. The van der Waals surface area contributed by atoms with Crippen molar-refractivity contribution in [3.8, 4) is 0 Å². The topological polar surface area (TPSA) is 98.0 Å². The number of rotatable bonds is 17. The number of aliphatic hydroxyl groups is 3. The lowest BCUT2D eigenvalue weighted by atomic mass is 10.0. The van der Waals surface area contributed by atoms with E-state index >= 15 is 0 Å². The van der Waals surface area contributed by atoms with Gasteiger partial charge < -0.3 is 20.4 Å². The van der Waals surface area contributed by atoms with Gasteiger partial charge in [-0.2, -0.15) is 0 Å². The number of unbranched alkanes of at least 4 members (excludes halogenated alkanes) is 4. The Hall–Kier alpha value is -1.43. The van der Waals surface area contributed by atoms with Gasteiger partial charge in [-0.05, 0) is 38.5 Å². The van der Waals surface area contributed by atoms with E-state index in [-0.39, 0.29) is 5.92 Å². The van der Waals surface area contributed by atoms with Crippen molar-refractivity contribution in [3.63, 3.8) is 0 Å². The number of aliphatic hydroxyl groups excluding tert-OH is 3. The first kappa shape index (κ1) is 26.6. The lowest BCUT2D eigenvalue weighted by Crippen LogP contribution is -2.24. The molecule has 4 unspecified atom stereocenters. The second-order valence-corrected chi connectivity index (χ2v) is 7.44. The maximum absolute atomic E-state index is 10.7. The van der Waals surface area contributed by atoms with Crippen LogP contribution in [0.15, 0.2) is 36.5 Å². The molecule has 0 bridgehead atoms. The Labute approximate surface area is 170 Å². The average molecular weight is 397 g/mol. The Kier molecular flexibility index (Phi) is 16.8. The fourth-order valence-corrected chi connectivity index (χ4v) is 2.68. The van der Waals surface area contributed by atoms with E-state index in [0.29, 0.717) is 32.1 Å². The Morgan fingerprint density at radius 3 is 2.25 bits per heavy atom. The highest BCUT2D eigenvalue weighted by Gasteiger charge is 2.14. The van der Waals surface area contributed by atoms with Crippen LogP contribution in [0.5, 0.6) is 0 Å². The zero-order valence-corrected chi connectivity index (χ0v) is 17.5. The summed E-state index contributed by atoms with van der Waals surface area (Å²) in [7, 11) is 0.